The quantitative estimate of drug-likeness (QED) is 0.722. The highest BCUT2D eigenvalue weighted by Crippen LogP contribution is 2.45. The maximum atomic E-state index is 12.7. The van der Waals surface area contributed by atoms with E-state index in [1.54, 1.807) is 11.0 Å². The molecule has 4 rings (SSSR count). The van der Waals surface area contributed by atoms with Gasteiger partial charge in [0.1, 0.15) is 11.4 Å². The van der Waals surface area contributed by atoms with Crippen LogP contribution in [0.5, 0.6) is 5.75 Å². The van der Waals surface area contributed by atoms with Gasteiger partial charge in [-0.25, -0.2) is 4.79 Å². The largest absolute Gasteiger partial charge is 0.508 e. The maximum Gasteiger partial charge on any atom is 0.410 e. The maximum absolute atomic E-state index is 12.7. The second-order valence-electron chi connectivity index (χ2n) is 10.2. The zero-order valence-electron chi connectivity index (χ0n) is 19.3. The van der Waals surface area contributed by atoms with Crippen molar-refractivity contribution in [2.24, 2.45) is 0 Å². The van der Waals surface area contributed by atoms with Crippen LogP contribution in [0.15, 0.2) is 12.1 Å². The van der Waals surface area contributed by atoms with Gasteiger partial charge in [-0.2, -0.15) is 0 Å². The van der Waals surface area contributed by atoms with Crippen molar-refractivity contribution >= 4 is 23.6 Å². The molecule has 7 nitrogen and oxygen atoms in total. The van der Waals surface area contributed by atoms with Crippen LogP contribution in [0.25, 0.3) is 0 Å². The Kier molecular flexibility index (Phi) is 6.59. The molecular formula is C24H34ClN3O4. The highest BCUT2D eigenvalue weighted by atomic mass is 35.5. The first-order chi connectivity index (χ1) is 15.1. The highest BCUT2D eigenvalue weighted by molar-refractivity contribution is 6.31. The molecule has 1 aromatic carbocycles. The van der Waals surface area contributed by atoms with Gasteiger partial charge in [-0.05, 0) is 63.1 Å². The van der Waals surface area contributed by atoms with E-state index in [1.807, 2.05) is 31.7 Å². The summed E-state index contributed by atoms with van der Waals surface area (Å²) in [6, 6.07) is 3.94. The molecule has 1 aromatic rings. The third kappa shape index (κ3) is 5.49. The van der Waals surface area contributed by atoms with E-state index in [4.69, 9.17) is 16.3 Å². The number of aromatic hydroxyl groups is 1. The number of hydrogen-bond donors (Lipinski definition) is 1. The minimum atomic E-state index is -0.476. The molecule has 1 aliphatic carbocycles. The summed E-state index contributed by atoms with van der Waals surface area (Å²) in [6.07, 6.45) is 2.94. The van der Waals surface area contributed by atoms with E-state index in [0.717, 1.165) is 37.1 Å². The van der Waals surface area contributed by atoms with Crippen LogP contribution in [0, 0.1) is 0 Å². The van der Waals surface area contributed by atoms with Crippen LogP contribution in [0.2, 0.25) is 5.02 Å². The molecule has 2 saturated heterocycles. The summed E-state index contributed by atoms with van der Waals surface area (Å²) >= 11 is 6.26. The number of phenols is 1. The van der Waals surface area contributed by atoms with Gasteiger partial charge in [0, 0.05) is 56.8 Å². The van der Waals surface area contributed by atoms with Gasteiger partial charge in [-0.1, -0.05) is 17.7 Å². The van der Waals surface area contributed by atoms with E-state index in [0.29, 0.717) is 56.0 Å². The Morgan fingerprint density at radius 3 is 2.34 bits per heavy atom. The Balaban J connectivity index is 1.20. The number of carbonyl (C=O) groups excluding carboxylic acids is 2. The first kappa shape index (κ1) is 23.2. The Morgan fingerprint density at radius 2 is 1.75 bits per heavy atom. The molecule has 0 atom stereocenters. The van der Waals surface area contributed by atoms with E-state index >= 15 is 0 Å². The Hall–Kier alpha value is -1.99. The predicted molar refractivity (Wildman–Crippen MR) is 123 cm³/mol. The number of amides is 2. The number of ether oxygens (including phenoxy) is 1. The van der Waals surface area contributed by atoms with E-state index < -0.39 is 5.60 Å². The second kappa shape index (κ2) is 9.10. The lowest BCUT2D eigenvalue weighted by molar-refractivity contribution is -0.133. The van der Waals surface area contributed by atoms with Gasteiger partial charge in [0.15, 0.2) is 0 Å². The normalized spacial score (nSPS) is 20.2. The third-order valence-corrected chi connectivity index (χ3v) is 6.85. The first-order valence-corrected chi connectivity index (χ1v) is 12.0. The van der Waals surface area contributed by atoms with Crippen LogP contribution < -0.4 is 0 Å². The monoisotopic (exact) mass is 463 g/mol. The molecule has 2 amide bonds. The molecule has 0 aromatic heterocycles. The number of nitrogens with zero attached hydrogens (tertiary/aromatic N) is 3. The Bertz CT molecular complexity index is 867. The summed E-state index contributed by atoms with van der Waals surface area (Å²) in [5.41, 5.74) is 1.43. The van der Waals surface area contributed by atoms with E-state index in [9.17, 15) is 14.7 Å². The average Bonchev–Trinajstić information content (AvgIpc) is 3.50. The summed E-state index contributed by atoms with van der Waals surface area (Å²) in [4.78, 5) is 30.9. The second-order valence-corrected chi connectivity index (χ2v) is 10.6. The molecule has 3 fully saturated rings. The number of benzene rings is 1. The van der Waals surface area contributed by atoms with Gasteiger partial charge in [-0.3, -0.25) is 9.69 Å². The van der Waals surface area contributed by atoms with Crippen molar-refractivity contribution in [1.82, 2.24) is 14.7 Å². The van der Waals surface area contributed by atoms with Gasteiger partial charge in [0.2, 0.25) is 5.91 Å². The Morgan fingerprint density at radius 1 is 1.09 bits per heavy atom. The fraction of sp³-hybridized carbons (Fsp3) is 0.667. The van der Waals surface area contributed by atoms with Gasteiger partial charge in [0.05, 0.1) is 0 Å². The van der Waals surface area contributed by atoms with Gasteiger partial charge in [0.25, 0.3) is 0 Å². The van der Waals surface area contributed by atoms with Crippen molar-refractivity contribution in [2.45, 2.75) is 64.0 Å². The van der Waals surface area contributed by atoms with Crippen LogP contribution in [-0.2, 0) is 16.0 Å². The van der Waals surface area contributed by atoms with Crippen molar-refractivity contribution < 1.29 is 19.4 Å². The third-order valence-electron chi connectivity index (χ3n) is 6.52. The summed E-state index contributed by atoms with van der Waals surface area (Å²) in [5.74, 6) is 0.802. The number of likely N-dealkylation sites (tertiary alicyclic amines) is 1. The average molecular weight is 464 g/mol. The molecule has 1 saturated carbocycles. The van der Waals surface area contributed by atoms with Crippen molar-refractivity contribution in [2.75, 3.05) is 39.3 Å². The molecular weight excluding hydrogens is 430 g/mol. The van der Waals surface area contributed by atoms with Crippen LogP contribution in [0.1, 0.15) is 57.1 Å². The number of carbonyl (C=O) groups is 2. The molecule has 3 aliphatic rings. The van der Waals surface area contributed by atoms with Crippen LogP contribution in [-0.4, -0.2) is 82.7 Å². The smallest absolute Gasteiger partial charge is 0.410 e. The molecule has 2 aliphatic heterocycles. The summed E-state index contributed by atoms with van der Waals surface area (Å²) in [5, 5.41) is 10.9. The molecule has 0 bridgehead atoms. The molecule has 176 valence electrons. The zero-order chi connectivity index (χ0) is 23.0. The van der Waals surface area contributed by atoms with Gasteiger partial charge < -0.3 is 19.6 Å². The molecule has 1 N–H and O–H groups in total. The van der Waals surface area contributed by atoms with Crippen LogP contribution >= 0.6 is 11.6 Å². The van der Waals surface area contributed by atoms with Crippen molar-refractivity contribution in [3.63, 3.8) is 0 Å². The summed E-state index contributed by atoms with van der Waals surface area (Å²) < 4.78 is 5.42. The number of phenolic OH excluding ortho intramolecular Hbond substituents is 1. The minimum Gasteiger partial charge on any atom is -0.508 e. The van der Waals surface area contributed by atoms with Crippen molar-refractivity contribution in [1.29, 1.82) is 0 Å². The standard InChI is InChI=1S/C24H34ClN3O4/c1-24(2,3)32-23(31)28-14-18(15-28)26-8-10-27(11-9-26)22(30)7-6-17-12-19(16-4-5-16)20(25)13-21(17)29/h12-13,16,18,29H,4-11,14-15H2,1-3H3. The van der Waals surface area contributed by atoms with Crippen molar-refractivity contribution in [3.05, 3.63) is 28.3 Å². The number of halogens is 1. The van der Waals surface area contributed by atoms with Gasteiger partial charge in [-0.15, -0.1) is 0 Å². The van der Waals surface area contributed by atoms with Crippen molar-refractivity contribution in [3.8, 4) is 5.75 Å². The highest BCUT2D eigenvalue weighted by Gasteiger charge is 2.38. The topological polar surface area (TPSA) is 73.3 Å². The molecule has 0 radical (unpaired) electrons. The fourth-order valence-electron chi connectivity index (χ4n) is 4.43. The fourth-order valence-corrected chi connectivity index (χ4v) is 4.74. The SMILES string of the molecule is CC(C)(C)OC(=O)N1CC(N2CCN(C(=O)CCc3cc(C4CC4)c(Cl)cc3O)CC2)C1. The predicted octanol–water partition coefficient (Wildman–Crippen LogP) is 3.62. The van der Waals surface area contributed by atoms with E-state index in [2.05, 4.69) is 4.90 Å². The molecule has 0 spiro atoms. The lowest BCUT2D eigenvalue weighted by Crippen LogP contribution is -2.64. The van der Waals surface area contributed by atoms with Crippen LogP contribution in [0.4, 0.5) is 4.79 Å². The zero-order valence-corrected chi connectivity index (χ0v) is 20.0. The van der Waals surface area contributed by atoms with E-state index in [-0.39, 0.29) is 17.7 Å². The molecule has 32 heavy (non-hydrogen) atoms. The molecule has 8 heteroatoms. The lowest BCUT2D eigenvalue weighted by Gasteiger charge is -2.48. The number of aryl methyl sites for hydroxylation is 1. The van der Waals surface area contributed by atoms with Gasteiger partial charge >= 0.3 is 6.09 Å². The summed E-state index contributed by atoms with van der Waals surface area (Å²) in [6.45, 7) is 10.0. The Labute approximate surface area is 195 Å². The molecule has 2 heterocycles. The summed E-state index contributed by atoms with van der Waals surface area (Å²) in [7, 11) is 0. The first-order valence-electron chi connectivity index (χ1n) is 11.6. The minimum absolute atomic E-state index is 0.121. The number of piperazine rings is 1. The molecule has 0 unspecified atom stereocenters. The lowest BCUT2D eigenvalue weighted by atomic mass is 10.0. The van der Waals surface area contributed by atoms with E-state index in [1.165, 1.54) is 0 Å². The number of rotatable bonds is 5. The van der Waals surface area contributed by atoms with Crippen LogP contribution in [0.3, 0.4) is 0 Å². The number of hydrogen-bond acceptors (Lipinski definition) is 5.